The number of ketones is 1. The van der Waals surface area contributed by atoms with E-state index < -0.39 is 0 Å². The number of likely N-dealkylation sites (N-methyl/N-ethyl adjacent to an activating group) is 1. The molecule has 0 aromatic carbocycles. The maximum Gasteiger partial charge on any atom is 0.246 e. The van der Waals surface area contributed by atoms with Crippen molar-refractivity contribution in [2.24, 2.45) is 0 Å². The van der Waals surface area contributed by atoms with Gasteiger partial charge in [0, 0.05) is 20.2 Å². The first-order chi connectivity index (χ1) is 4.54. The van der Waals surface area contributed by atoms with Gasteiger partial charge in [0.05, 0.1) is 0 Å². The van der Waals surface area contributed by atoms with Crippen LogP contribution in [-0.4, -0.2) is 30.7 Å². The molecule has 0 aromatic rings. The SMILES string of the molecule is CC(=O)C=CC(=O)N(C)C. The van der Waals surface area contributed by atoms with Gasteiger partial charge in [0.25, 0.3) is 0 Å². The van der Waals surface area contributed by atoms with E-state index in [1.165, 1.54) is 24.0 Å². The van der Waals surface area contributed by atoms with Crippen LogP contribution < -0.4 is 0 Å². The highest BCUT2D eigenvalue weighted by Gasteiger charge is 1.95. The van der Waals surface area contributed by atoms with Crippen LogP contribution >= 0.6 is 0 Å². The number of hydrogen-bond acceptors (Lipinski definition) is 2. The molecule has 0 spiro atoms. The third kappa shape index (κ3) is 3.83. The lowest BCUT2D eigenvalue weighted by Gasteiger charge is -2.04. The van der Waals surface area contributed by atoms with E-state index in [9.17, 15) is 9.59 Å². The van der Waals surface area contributed by atoms with Crippen LogP contribution in [0.15, 0.2) is 12.2 Å². The molecule has 3 nitrogen and oxygen atoms in total. The van der Waals surface area contributed by atoms with Crippen molar-refractivity contribution < 1.29 is 9.59 Å². The van der Waals surface area contributed by atoms with Gasteiger partial charge in [-0.2, -0.15) is 0 Å². The molecule has 0 aliphatic rings. The summed E-state index contributed by atoms with van der Waals surface area (Å²) in [5.74, 6) is -0.287. The average molecular weight is 141 g/mol. The topological polar surface area (TPSA) is 37.4 Å². The summed E-state index contributed by atoms with van der Waals surface area (Å²) in [6.45, 7) is 1.40. The highest BCUT2D eigenvalue weighted by atomic mass is 16.2. The van der Waals surface area contributed by atoms with E-state index in [1.54, 1.807) is 14.1 Å². The van der Waals surface area contributed by atoms with Crippen molar-refractivity contribution in [3.8, 4) is 0 Å². The smallest absolute Gasteiger partial charge is 0.246 e. The summed E-state index contributed by atoms with van der Waals surface area (Å²) >= 11 is 0. The van der Waals surface area contributed by atoms with Crippen molar-refractivity contribution in [1.29, 1.82) is 0 Å². The number of hydrogen-bond donors (Lipinski definition) is 0. The first-order valence-electron chi connectivity index (χ1n) is 2.94. The summed E-state index contributed by atoms with van der Waals surface area (Å²) in [7, 11) is 3.26. The van der Waals surface area contributed by atoms with Gasteiger partial charge in [0.2, 0.25) is 5.91 Å². The zero-order valence-electron chi connectivity index (χ0n) is 6.42. The van der Waals surface area contributed by atoms with Crippen LogP contribution in [0.4, 0.5) is 0 Å². The molecule has 0 fully saturated rings. The predicted octanol–water partition coefficient (Wildman–Crippen LogP) is 0.220. The highest BCUT2D eigenvalue weighted by Crippen LogP contribution is 1.81. The van der Waals surface area contributed by atoms with E-state index in [0.717, 1.165) is 0 Å². The monoisotopic (exact) mass is 141 g/mol. The molecular weight excluding hydrogens is 130 g/mol. The number of carbonyl (C=O) groups is 2. The molecule has 0 aromatic heterocycles. The molecule has 0 N–H and O–H groups in total. The summed E-state index contributed by atoms with van der Waals surface area (Å²) in [6, 6.07) is 0. The third-order valence-corrected chi connectivity index (χ3v) is 0.901. The molecule has 3 heteroatoms. The molecule has 0 aliphatic heterocycles. The van der Waals surface area contributed by atoms with Gasteiger partial charge in [0.1, 0.15) is 0 Å². The summed E-state index contributed by atoms with van der Waals surface area (Å²) in [5.41, 5.74) is 0. The fourth-order valence-electron chi connectivity index (χ4n) is 0.338. The van der Waals surface area contributed by atoms with E-state index in [-0.39, 0.29) is 11.7 Å². The maximum absolute atomic E-state index is 10.7. The van der Waals surface area contributed by atoms with E-state index >= 15 is 0 Å². The molecule has 1 amide bonds. The summed E-state index contributed by atoms with van der Waals surface area (Å²) < 4.78 is 0. The van der Waals surface area contributed by atoms with E-state index in [2.05, 4.69) is 0 Å². The minimum absolute atomic E-state index is 0.116. The number of rotatable bonds is 2. The van der Waals surface area contributed by atoms with Gasteiger partial charge in [-0.25, -0.2) is 0 Å². The lowest BCUT2D eigenvalue weighted by Crippen LogP contribution is -2.18. The zero-order valence-corrected chi connectivity index (χ0v) is 6.42. The third-order valence-electron chi connectivity index (χ3n) is 0.901. The van der Waals surface area contributed by atoms with Gasteiger partial charge in [-0.1, -0.05) is 0 Å². The summed E-state index contributed by atoms with van der Waals surface area (Å²) in [6.07, 6.45) is 2.50. The fourth-order valence-corrected chi connectivity index (χ4v) is 0.338. The minimum Gasteiger partial charge on any atom is -0.345 e. The zero-order chi connectivity index (χ0) is 8.15. The standard InChI is InChI=1S/C7H11NO2/c1-6(9)4-5-7(10)8(2)3/h4-5H,1-3H3. The maximum atomic E-state index is 10.7. The second-order valence-electron chi connectivity index (χ2n) is 2.18. The van der Waals surface area contributed by atoms with E-state index in [0.29, 0.717) is 0 Å². The van der Waals surface area contributed by atoms with E-state index in [4.69, 9.17) is 0 Å². The second-order valence-corrected chi connectivity index (χ2v) is 2.18. The molecule has 0 atom stereocenters. The largest absolute Gasteiger partial charge is 0.345 e. The van der Waals surface area contributed by atoms with Gasteiger partial charge in [-0.05, 0) is 13.0 Å². The first-order valence-corrected chi connectivity index (χ1v) is 2.94. The molecule has 0 bridgehead atoms. The van der Waals surface area contributed by atoms with Crippen LogP contribution in [-0.2, 0) is 9.59 Å². The number of nitrogens with zero attached hydrogens (tertiary/aromatic N) is 1. The van der Waals surface area contributed by atoms with Crippen molar-refractivity contribution in [1.82, 2.24) is 4.90 Å². The van der Waals surface area contributed by atoms with Gasteiger partial charge in [-0.15, -0.1) is 0 Å². The molecule has 10 heavy (non-hydrogen) atoms. The molecule has 0 saturated heterocycles. The van der Waals surface area contributed by atoms with Crippen molar-refractivity contribution >= 4 is 11.7 Å². The molecule has 0 heterocycles. The van der Waals surface area contributed by atoms with Crippen LogP contribution in [0.5, 0.6) is 0 Å². The molecule has 0 aliphatic carbocycles. The Bertz CT molecular complexity index is 170. The van der Waals surface area contributed by atoms with Crippen LogP contribution in [0, 0.1) is 0 Å². The Balaban J connectivity index is 3.90. The predicted molar refractivity (Wildman–Crippen MR) is 38.5 cm³/mol. The molecule has 0 rings (SSSR count). The Morgan fingerprint density at radius 2 is 1.70 bits per heavy atom. The van der Waals surface area contributed by atoms with Gasteiger partial charge >= 0.3 is 0 Å². The minimum atomic E-state index is -0.171. The normalized spacial score (nSPS) is 9.90. The highest BCUT2D eigenvalue weighted by molar-refractivity contribution is 5.96. The van der Waals surface area contributed by atoms with Crippen molar-refractivity contribution in [3.05, 3.63) is 12.2 Å². The lowest BCUT2D eigenvalue weighted by molar-refractivity contribution is -0.124. The lowest BCUT2D eigenvalue weighted by atomic mass is 10.4. The Labute approximate surface area is 60.3 Å². The number of carbonyl (C=O) groups excluding carboxylic acids is 2. The molecule has 0 saturated carbocycles. The van der Waals surface area contributed by atoms with Crippen molar-refractivity contribution in [2.45, 2.75) is 6.92 Å². The fraction of sp³-hybridized carbons (Fsp3) is 0.429. The van der Waals surface area contributed by atoms with Crippen LogP contribution in [0.25, 0.3) is 0 Å². The second kappa shape index (κ2) is 3.82. The van der Waals surface area contributed by atoms with Crippen LogP contribution in [0.1, 0.15) is 6.92 Å². The first kappa shape index (κ1) is 8.88. The Morgan fingerprint density at radius 3 is 2.00 bits per heavy atom. The van der Waals surface area contributed by atoms with E-state index in [1.807, 2.05) is 0 Å². The number of allylic oxidation sites excluding steroid dienone is 1. The summed E-state index contributed by atoms with van der Waals surface area (Å²) in [4.78, 5) is 22.4. The molecular formula is C7H11NO2. The van der Waals surface area contributed by atoms with Crippen LogP contribution in [0.3, 0.4) is 0 Å². The van der Waals surface area contributed by atoms with Crippen molar-refractivity contribution in [2.75, 3.05) is 14.1 Å². The molecule has 0 unspecified atom stereocenters. The van der Waals surface area contributed by atoms with Gasteiger partial charge in [-0.3, -0.25) is 9.59 Å². The average Bonchev–Trinajstić information content (AvgIpc) is 1.82. The Kier molecular flexibility index (Phi) is 3.39. The van der Waals surface area contributed by atoms with Crippen molar-refractivity contribution in [3.63, 3.8) is 0 Å². The Hall–Kier alpha value is -1.12. The molecule has 0 radical (unpaired) electrons. The van der Waals surface area contributed by atoms with Gasteiger partial charge in [0.15, 0.2) is 5.78 Å². The Morgan fingerprint density at radius 1 is 1.20 bits per heavy atom. The van der Waals surface area contributed by atoms with Gasteiger partial charge < -0.3 is 4.90 Å². The molecule has 56 valence electrons. The quantitative estimate of drug-likeness (QED) is 0.516. The number of amides is 1. The summed E-state index contributed by atoms with van der Waals surface area (Å²) in [5, 5.41) is 0. The van der Waals surface area contributed by atoms with Crippen LogP contribution in [0.2, 0.25) is 0 Å².